The number of nitrogens with zero attached hydrogens (tertiary/aromatic N) is 3. The normalized spacial score (nSPS) is 27.3. The van der Waals surface area contributed by atoms with Crippen molar-refractivity contribution < 1.29 is 117 Å². The molecule has 1 aliphatic carbocycles. The number of guanidine groups is 2. The maximum Gasteiger partial charge on any atom is 0.309 e. The molecule has 18 atom stereocenters. The van der Waals surface area contributed by atoms with Gasteiger partial charge in [-0.1, -0.05) is 48.0 Å². The summed E-state index contributed by atoms with van der Waals surface area (Å²) >= 11 is 2.19. The molecule has 2 aliphatic heterocycles. The van der Waals surface area contributed by atoms with E-state index in [9.17, 15) is 117 Å². The molecule has 662 valence electrons. The maximum absolute atomic E-state index is 14.6. The number of carboxylic acid groups (broad SMARTS) is 2. The summed E-state index contributed by atoms with van der Waals surface area (Å²) in [5, 5.41) is 97.3. The van der Waals surface area contributed by atoms with Crippen LogP contribution >= 0.6 is 23.1 Å². The number of fused-ring (bicyclic) bond motifs is 4. The van der Waals surface area contributed by atoms with E-state index in [2.05, 4.69) is 89.4 Å². The molecule has 4 bridgehead atoms. The number of thiophene rings is 1. The van der Waals surface area contributed by atoms with Crippen LogP contribution in [0.5, 0.6) is 0 Å². The topological polar surface area (TPSA) is 790 Å². The van der Waals surface area contributed by atoms with E-state index >= 15 is 0 Å². The number of carboxylic acids is 2. The first-order valence-corrected chi connectivity index (χ1v) is 39.9. The highest BCUT2D eigenvalue weighted by Crippen LogP contribution is 2.44. The summed E-state index contributed by atoms with van der Waals surface area (Å²) in [7, 11) is 0. The maximum atomic E-state index is 14.6. The Morgan fingerprint density at radius 1 is 0.555 bits per heavy atom. The predicted octanol–water partition coefficient (Wildman–Crippen LogP) is -11.1. The Labute approximate surface area is 690 Å². The Bertz CT molecular complexity index is 3970. The molecule has 0 unspecified atom stereocenters. The van der Waals surface area contributed by atoms with Crippen LogP contribution in [0.3, 0.4) is 0 Å². The van der Waals surface area contributed by atoms with E-state index in [0.29, 0.717) is 10.4 Å². The van der Waals surface area contributed by atoms with Gasteiger partial charge in [-0.15, -0.1) is 23.1 Å². The molecule has 1 aromatic rings. The molecule has 1 aromatic heterocycles. The summed E-state index contributed by atoms with van der Waals surface area (Å²) in [6, 6.07) is -21.1. The zero-order chi connectivity index (χ0) is 89.6. The third kappa shape index (κ3) is 31.4. The standard InChI is InChI=1S/C70H111N23O24S2/c1-9-30(6)49-61(111)79-23-46(99)93-70(22-34(70)66(115)116)67(117)88-37(14-15-45(71)98)55(105)89-48(29(4)5)62(112)84-40(21-47(100)101)57(107)81-35(12-10-16-77-68(73)74)53(103)80-36(13-11-17-78-69(75)76)54(104)82-38(52(72)102)19-33-20-44(118-26-33)65-87-43(27-119-65)60(110)91-51(32(8)97)64(114)92-50(31(7)96)63(113)83-39(18-28(2)3)56(106)85-41(24-94)58(108)86-42(25-95)59(109)90-49/h20,26,28-32,34-43,48-51,94-97H,9-19,21-25,27H2,1-8H3,(H2,71,98)(H2,72,102)(H,79,111)(H,80,103)(H,81,107)(H,82,104)(H,83,113)(H,84,112)(H,85,106)(H,86,108)(H,88,117)(H,89,105)(H,90,109)(H,91,110)(H,92,114)(H,93,99)(H,100,101)(H,115,116)(H4,73,74,77)(H4,75,76,78)/t30-,31+,32+,34-,35-,36-,37-,38-,39-,40-,41-,42-,43-,48-,49-,50-,51-,70+/m0/s1. The van der Waals surface area contributed by atoms with Gasteiger partial charge < -0.3 is 139 Å². The molecule has 4 rings (SSSR count). The van der Waals surface area contributed by atoms with Gasteiger partial charge >= 0.3 is 11.9 Å². The smallest absolute Gasteiger partial charge is 0.309 e. The van der Waals surface area contributed by atoms with Crippen LogP contribution < -0.4 is 109 Å². The van der Waals surface area contributed by atoms with E-state index in [4.69, 9.17) is 34.4 Å². The van der Waals surface area contributed by atoms with Gasteiger partial charge in [0.2, 0.25) is 94.5 Å². The van der Waals surface area contributed by atoms with Gasteiger partial charge in [-0.3, -0.25) is 101 Å². The molecule has 119 heavy (non-hydrogen) atoms. The van der Waals surface area contributed by atoms with Crippen LogP contribution in [0.15, 0.2) is 26.4 Å². The van der Waals surface area contributed by atoms with Crippen molar-refractivity contribution in [3.8, 4) is 0 Å². The number of aliphatic imine (C=N–C) groups is 3. The lowest BCUT2D eigenvalue weighted by Gasteiger charge is -2.29. The molecule has 0 radical (unpaired) electrons. The quantitative estimate of drug-likeness (QED) is 0.0260. The summed E-state index contributed by atoms with van der Waals surface area (Å²) in [5.74, 6) is -26.7. The lowest BCUT2D eigenvalue weighted by atomic mass is 9.98. The largest absolute Gasteiger partial charge is 0.481 e. The molecule has 16 amide bonds. The molecular formula is C70H111N23O24S2. The Hall–Kier alpha value is -11.4. The van der Waals surface area contributed by atoms with Gasteiger partial charge in [0, 0.05) is 31.7 Å². The van der Waals surface area contributed by atoms with E-state index < -0.39 is 272 Å². The first-order chi connectivity index (χ1) is 55.8. The third-order valence-electron chi connectivity index (χ3n) is 19.0. The van der Waals surface area contributed by atoms with Crippen molar-refractivity contribution in [3.05, 3.63) is 21.9 Å². The number of primary amides is 2. The molecule has 1 fully saturated rings. The van der Waals surface area contributed by atoms with E-state index in [0.717, 1.165) is 36.9 Å². The second-order valence-corrected chi connectivity index (χ2v) is 31.4. The fourth-order valence-corrected chi connectivity index (χ4v) is 14.1. The Balaban J connectivity index is 1.82. The predicted molar refractivity (Wildman–Crippen MR) is 425 cm³/mol. The van der Waals surface area contributed by atoms with E-state index in [-0.39, 0.29) is 80.8 Å². The second kappa shape index (κ2) is 47.2. The molecule has 49 heteroatoms. The number of aliphatic hydroxyl groups is 4. The van der Waals surface area contributed by atoms with E-state index in [1.807, 2.05) is 0 Å². The van der Waals surface area contributed by atoms with Crippen LogP contribution in [-0.4, -0.2) is 289 Å². The number of carbonyl (C=O) groups is 18. The van der Waals surface area contributed by atoms with Gasteiger partial charge in [0.1, 0.15) is 89.1 Å². The minimum absolute atomic E-state index is 0.0237. The summed E-state index contributed by atoms with van der Waals surface area (Å²) in [6.07, 6.45) is -7.65. The minimum atomic E-state index is -2.39. The molecule has 47 nitrogen and oxygen atoms in total. The number of aliphatic hydroxyl groups excluding tert-OH is 4. The van der Waals surface area contributed by atoms with Crippen molar-refractivity contribution in [3.63, 3.8) is 0 Å². The monoisotopic (exact) mass is 1720 g/mol. The van der Waals surface area contributed by atoms with Gasteiger partial charge in [-0.25, -0.2) is 0 Å². The second-order valence-electron chi connectivity index (χ2n) is 29.5. The Kier molecular flexibility index (Phi) is 39.7. The third-order valence-corrected chi connectivity index (χ3v) is 21.2. The number of hydrogen-bond donors (Lipinski definition) is 26. The number of nitrogens with two attached hydrogens (primary N) is 6. The molecule has 0 saturated heterocycles. The molecule has 3 aliphatic rings. The van der Waals surface area contributed by atoms with Crippen molar-refractivity contribution in [1.82, 2.24) is 74.4 Å². The van der Waals surface area contributed by atoms with Crippen molar-refractivity contribution in [1.29, 1.82) is 0 Å². The first-order valence-electron chi connectivity index (χ1n) is 38.0. The van der Waals surface area contributed by atoms with Gasteiger partial charge in [-0.05, 0) is 93.6 Å². The molecular weight excluding hydrogens is 1610 g/mol. The van der Waals surface area contributed by atoms with Gasteiger partial charge in [0.05, 0.1) is 49.2 Å². The van der Waals surface area contributed by atoms with Crippen molar-refractivity contribution in [2.24, 2.45) is 73.1 Å². The van der Waals surface area contributed by atoms with Crippen molar-refractivity contribution >= 4 is 147 Å². The number of thioether (sulfide) groups is 1. The lowest BCUT2D eigenvalue weighted by molar-refractivity contribution is -0.142. The van der Waals surface area contributed by atoms with Crippen LogP contribution in [0.2, 0.25) is 0 Å². The van der Waals surface area contributed by atoms with Gasteiger partial charge in [0.25, 0.3) is 0 Å². The highest BCUT2D eigenvalue weighted by atomic mass is 32.2. The summed E-state index contributed by atoms with van der Waals surface area (Å²) in [6.45, 7) is 7.64. The van der Waals surface area contributed by atoms with Gasteiger partial charge in [-0.2, -0.15) is 0 Å². The number of rotatable bonds is 24. The summed E-state index contributed by atoms with van der Waals surface area (Å²) in [5.41, 5.74) is 31.4. The number of nitrogens with one attached hydrogen (secondary N) is 14. The average molecular weight is 1720 g/mol. The van der Waals surface area contributed by atoms with Crippen LogP contribution in [-0.2, 0) is 92.7 Å². The molecule has 1 spiro atoms. The highest BCUT2D eigenvalue weighted by molar-refractivity contribution is 8.15. The number of hydrogen-bond acceptors (Lipinski definition) is 27. The minimum Gasteiger partial charge on any atom is -0.481 e. The zero-order valence-electron chi connectivity index (χ0n) is 66.8. The van der Waals surface area contributed by atoms with E-state index in [1.54, 1.807) is 32.2 Å². The molecule has 0 aromatic carbocycles. The number of carbonyl (C=O) groups excluding carboxylic acids is 16. The van der Waals surface area contributed by atoms with Crippen LogP contribution in [0.25, 0.3) is 0 Å². The van der Waals surface area contributed by atoms with Crippen molar-refractivity contribution in [2.45, 2.75) is 222 Å². The number of aliphatic carboxylic acids is 2. The SMILES string of the molecule is CC[C@H](C)[C@@H]1NC(=O)[C@H](CO)NC(=O)[C@H](CO)NC(=O)[C@H](CC(C)C)NC(=O)[C@H]([C@@H](C)O)NC(=O)[C@H]([C@@H](C)O)NC(=O)[C@@H]2CSC(=N2)c2cc(cs2)C[C@@H](C(N)=O)NC(=O)[C@H](CCCN=C(N)N)NC(=O)[C@H](CCCN=C(N)N)NC(=O)[C@H](CC(=O)O)NC(=O)[C@H](C(C)C)NC(=O)[C@H](CCC(N)=O)NC(=O)[C@]2(C[C@H]2C(=O)O)NC(=O)CNC1=O. The van der Waals surface area contributed by atoms with Crippen LogP contribution in [0.1, 0.15) is 130 Å². The first kappa shape index (κ1) is 99.9. The Morgan fingerprint density at radius 2 is 1.01 bits per heavy atom. The lowest BCUT2D eigenvalue weighted by Crippen LogP contribution is -2.63. The average Bonchev–Trinajstić information content (AvgIpc) is 1.57. The summed E-state index contributed by atoms with van der Waals surface area (Å²) in [4.78, 5) is 261. The van der Waals surface area contributed by atoms with Crippen LogP contribution in [0.4, 0.5) is 0 Å². The number of amides is 16. The fourth-order valence-electron chi connectivity index (χ4n) is 12.1. The molecule has 1 saturated carbocycles. The molecule has 32 N–H and O–H groups in total. The molecule has 3 heterocycles. The summed E-state index contributed by atoms with van der Waals surface area (Å²) < 4.78 is 0. The van der Waals surface area contributed by atoms with Crippen molar-refractivity contribution in [2.75, 3.05) is 38.6 Å². The zero-order valence-corrected chi connectivity index (χ0v) is 68.4. The van der Waals surface area contributed by atoms with Crippen LogP contribution in [0, 0.1) is 23.7 Å². The van der Waals surface area contributed by atoms with E-state index in [1.165, 1.54) is 20.8 Å². The fraction of sp³-hybridized carbons (Fsp3) is 0.643. The van der Waals surface area contributed by atoms with Gasteiger partial charge in [0.15, 0.2) is 11.9 Å². The Morgan fingerprint density at radius 3 is 1.50 bits per heavy atom. The highest BCUT2D eigenvalue weighted by Gasteiger charge is 2.65.